The molecule has 2 aromatic heterocycles. The number of nitrogens with one attached hydrogen (secondary N) is 1. The molecule has 0 spiro atoms. The van der Waals surface area contributed by atoms with Gasteiger partial charge in [-0.05, 0) is 31.2 Å². The van der Waals surface area contributed by atoms with Gasteiger partial charge in [0, 0.05) is 33.2 Å². The first-order chi connectivity index (χ1) is 15.0. The molecule has 0 amide bonds. The van der Waals surface area contributed by atoms with Crippen molar-refractivity contribution in [3.63, 3.8) is 0 Å². The van der Waals surface area contributed by atoms with Gasteiger partial charge in [0.1, 0.15) is 5.75 Å². The topological polar surface area (TPSA) is 115 Å². The fourth-order valence-electron chi connectivity index (χ4n) is 3.41. The summed E-state index contributed by atoms with van der Waals surface area (Å²) in [5.41, 5.74) is 0.495. The minimum Gasteiger partial charge on any atom is -0.478 e. The van der Waals surface area contributed by atoms with E-state index in [1.165, 1.54) is 28.8 Å². The van der Waals surface area contributed by atoms with Crippen LogP contribution in [-0.2, 0) is 13.6 Å². The molecule has 10 nitrogen and oxygen atoms in total. The lowest BCUT2D eigenvalue weighted by Gasteiger charge is -2.28. The highest BCUT2D eigenvalue weighted by atomic mass is 16.5. The van der Waals surface area contributed by atoms with Crippen molar-refractivity contribution in [3.05, 3.63) is 40.2 Å². The molecular formula is C21H22N6O4. The van der Waals surface area contributed by atoms with E-state index < -0.39 is 5.97 Å². The molecule has 31 heavy (non-hydrogen) atoms. The molecular weight excluding hydrogens is 400 g/mol. The summed E-state index contributed by atoms with van der Waals surface area (Å²) in [5, 5.41) is 12.3. The van der Waals surface area contributed by atoms with Gasteiger partial charge in [-0.15, -0.1) is 5.92 Å². The third-order valence-corrected chi connectivity index (χ3v) is 5.05. The van der Waals surface area contributed by atoms with Gasteiger partial charge in [-0.25, -0.2) is 4.79 Å². The lowest BCUT2D eigenvalue weighted by molar-refractivity contribution is 0.0697. The van der Waals surface area contributed by atoms with Crippen molar-refractivity contribution in [1.82, 2.24) is 24.4 Å². The highest BCUT2D eigenvalue weighted by molar-refractivity contribution is 5.87. The van der Waals surface area contributed by atoms with Crippen LogP contribution in [-0.4, -0.2) is 56.4 Å². The summed E-state index contributed by atoms with van der Waals surface area (Å²) >= 11 is 0. The van der Waals surface area contributed by atoms with Crippen LogP contribution in [0, 0.1) is 11.8 Å². The van der Waals surface area contributed by atoms with Crippen molar-refractivity contribution in [2.75, 3.05) is 31.1 Å². The van der Waals surface area contributed by atoms with E-state index in [0.29, 0.717) is 23.8 Å². The molecule has 4 rings (SSSR count). The van der Waals surface area contributed by atoms with Crippen LogP contribution in [0.4, 0.5) is 5.95 Å². The summed E-state index contributed by atoms with van der Waals surface area (Å²) in [6.07, 6.45) is 0. The quantitative estimate of drug-likeness (QED) is 0.587. The lowest BCUT2D eigenvalue weighted by Crippen LogP contribution is -2.44. The second-order valence-corrected chi connectivity index (χ2v) is 7.02. The monoisotopic (exact) mass is 422 g/mol. The van der Waals surface area contributed by atoms with Crippen molar-refractivity contribution in [2.24, 2.45) is 7.05 Å². The summed E-state index contributed by atoms with van der Waals surface area (Å²) in [4.78, 5) is 35.4. The van der Waals surface area contributed by atoms with Gasteiger partial charge < -0.3 is 20.1 Å². The van der Waals surface area contributed by atoms with Crippen LogP contribution >= 0.6 is 0 Å². The molecule has 3 heterocycles. The number of hydrogen-bond donors (Lipinski definition) is 2. The zero-order valence-electron chi connectivity index (χ0n) is 17.3. The average Bonchev–Trinajstić information content (AvgIpc) is 3.15. The first-order valence-corrected chi connectivity index (χ1v) is 9.83. The number of hydrogen-bond acceptors (Lipinski definition) is 7. The van der Waals surface area contributed by atoms with Crippen molar-refractivity contribution < 1.29 is 14.6 Å². The molecule has 1 aliphatic heterocycles. The summed E-state index contributed by atoms with van der Waals surface area (Å²) in [6, 6.07) is 5.95. The predicted octanol–water partition coefficient (Wildman–Crippen LogP) is 1.05. The Morgan fingerprint density at radius 3 is 2.58 bits per heavy atom. The van der Waals surface area contributed by atoms with Gasteiger partial charge in [0.2, 0.25) is 5.95 Å². The number of carboxylic acids is 1. The average molecular weight is 422 g/mol. The minimum absolute atomic E-state index is 0.0682. The van der Waals surface area contributed by atoms with Crippen molar-refractivity contribution in [2.45, 2.75) is 13.5 Å². The molecule has 10 heteroatoms. The smallest absolute Gasteiger partial charge is 0.335 e. The number of aromatic nitrogens is 4. The third kappa shape index (κ3) is 3.95. The van der Waals surface area contributed by atoms with E-state index in [0.717, 1.165) is 26.2 Å². The lowest BCUT2D eigenvalue weighted by atomic mass is 10.2. The molecule has 3 aromatic rings. The van der Waals surface area contributed by atoms with Gasteiger partial charge in [-0.2, -0.15) is 9.97 Å². The fourth-order valence-corrected chi connectivity index (χ4v) is 3.41. The number of ether oxygens (including phenoxy) is 1. The number of benzene rings is 1. The van der Waals surface area contributed by atoms with Crippen molar-refractivity contribution >= 4 is 23.1 Å². The second kappa shape index (κ2) is 8.49. The molecule has 1 fully saturated rings. The van der Waals surface area contributed by atoms with Gasteiger partial charge in [-0.1, -0.05) is 5.92 Å². The van der Waals surface area contributed by atoms with Crippen LogP contribution in [0.25, 0.3) is 11.2 Å². The van der Waals surface area contributed by atoms with Crippen molar-refractivity contribution in [1.29, 1.82) is 0 Å². The number of anilines is 1. The number of carboxylic acid groups (broad SMARTS) is 1. The summed E-state index contributed by atoms with van der Waals surface area (Å²) in [7, 11) is 1.57. The number of aromatic carboxylic acids is 1. The predicted molar refractivity (Wildman–Crippen MR) is 115 cm³/mol. The number of imidazole rings is 1. The van der Waals surface area contributed by atoms with Crippen LogP contribution in [0.1, 0.15) is 17.3 Å². The fraction of sp³-hybridized carbons (Fsp3) is 0.333. The van der Waals surface area contributed by atoms with Crippen LogP contribution in [0.2, 0.25) is 0 Å². The molecule has 1 aromatic carbocycles. The Balaban J connectivity index is 1.78. The normalized spacial score (nSPS) is 13.7. The SMILES string of the molecule is CC#CCn1c(N2CCNCC2)nc2nc(Oc3ccc(C(=O)O)cc3)n(C)c(=O)c21. The molecule has 1 saturated heterocycles. The first-order valence-electron chi connectivity index (χ1n) is 9.83. The van der Waals surface area contributed by atoms with E-state index in [2.05, 4.69) is 32.0 Å². The standard InChI is InChI=1S/C21H22N6O4/c1-3-4-11-27-16-17(23-20(27)26-12-9-22-10-13-26)24-21(25(2)18(16)28)31-15-7-5-14(6-8-15)19(29)30/h5-8,22H,9-13H2,1-2H3,(H,29,30). The second-order valence-electron chi connectivity index (χ2n) is 7.02. The Labute approximate surface area is 178 Å². The Morgan fingerprint density at radius 1 is 1.23 bits per heavy atom. The molecule has 0 atom stereocenters. The Hall–Kier alpha value is -3.84. The largest absolute Gasteiger partial charge is 0.478 e. The summed E-state index contributed by atoms with van der Waals surface area (Å²) in [6.45, 7) is 5.27. The maximum absolute atomic E-state index is 13.2. The molecule has 2 N–H and O–H groups in total. The molecule has 160 valence electrons. The number of rotatable bonds is 5. The number of nitrogens with zero attached hydrogens (tertiary/aromatic N) is 5. The maximum Gasteiger partial charge on any atom is 0.335 e. The van der Waals surface area contributed by atoms with E-state index in [4.69, 9.17) is 9.84 Å². The molecule has 0 aliphatic carbocycles. The number of carbonyl (C=O) groups is 1. The number of fused-ring (bicyclic) bond motifs is 1. The van der Waals surface area contributed by atoms with E-state index in [1.54, 1.807) is 18.5 Å². The van der Waals surface area contributed by atoms with Crippen LogP contribution in [0.3, 0.4) is 0 Å². The van der Waals surface area contributed by atoms with Gasteiger partial charge in [0.25, 0.3) is 5.56 Å². The molecule has 0 saturated carbocycles. The van der Waals surface area contributed by atoms with E-state index >= 15 is 0 Å². The highest BCUT2D eigenvalue weighted by Gasteiger charge is 2.23. The van der Waals surface area contributed by atoms with Gasteiger partial charge in [0.05, 0.1) is 12.1 Å². The molecule has 0 unspecified atom stereocenters. The van der Waals surface area contributed by atoms with E-state index in [9.17, 15) is 9.59 Å². The Kier molecular flexibility index (Phi) is 5.60. The summed E-state index contributed by atoms with van der Waals surface area (Å²) in [5.74, 6) is 5.88. The van der Waals surface area contributed by atoms with E-state index in [-0.39, 0.29) is 22.8 Å². The highest BCUT2D eigenvalue weighted by Crippen LogP contribution is 2.24. The first kappa shape index (κ1) is 20.4. The molecule has 1 aliphatic rings. The van der Waals surface area contributed by atoms with Crippen LogP contribution < -0.4 is 20.5 Å². The Bertz CT molecular complexity index is 1240. The zero-order valence-corrected chi connectivity index (χ0v) is 17.3. The Morgan fingerprint density at radius 2 is 1.94 bits per heavy atom. The van der Waals surface area contributed by atoms with Gasteiger partial charge in [-0.3, -0.25) is 13.9 Å². The third-order valence-electron chi connectivity index (χ3n) is 5.05. The van der Waals surface area contributed by atoms with Gasteiger partial charge in [0.15, 0.2) is 11.2 Å². The van der Waals surface area contributed by atoms with Gasteiger partial charge >= 0.3 is 12.0 Å². The van der Waals surface area contributed by atoms with Crippen molar-refractivity contribution in [3.8, 4) is 23.6 Å². The number of piperazine rings is 1. The van der Waals surface area contributed by atoms with Crippen LogP contribution in [0.15, 0.2) is 29.1 Å². The molecule has 0 radical (unpaired) electrons. The zero-order chi connectivity index (χ0) is 22.0. The summed E-state index contributed by atoms with van der Waals surface area (Å²) < 4.78 is 8.88. The van der Waals surface area contributed by atoms with E-state index in [1.807, 2.05) is 0 Å². The van der Waals surface area contributed by atoms with Crippen LogP contribution in [0.5, 0.6) is 11.8 Å². The minimum atomic E-state index is -1.03. The molecule has 0 bridgehead atoms. The maximum atomic E-state index is 13.2.